The number of rotatable bonds is 6. The Morgan fingerprint density at radius 2 is 1.51 bits per heavy atom. The fraction of sp³-hybridized carbons (Fsp3) is 0.536. The van der Waals surface area contributed by atoms with Gasteiger partial charge in [-0.1, -0.05) is 33.8 Å². The van der Waals surface area contributed by atoms with Gasteiger partial charge in [-0.15, -0.1) is 0 Å². The lowest BCUT2D eigenvalue weighted by Crippen LogP contribution is -2.37. The zero-order valence-corrected chi connectivity index (χ0v) is 21.4. The second-order valence-corrected chi connectivity index (χ2v) is 11.1. The Kier molecular flexibility index (Phi) is 6.56. The highest BCUT2D eigenvalue weighted by molar-refractivity contribution is 6.06. The lowest BCUT2D eigenvalue weighted by Gasteiger charge is -2.42. The minimum absolute atomic E-state index is 0.00652. The Morgan fingerprint density at radius 1 is 0.943 bits per heavy atom. The van der Waals surface area contributed by atoms with E-state index in [0.29, 0.717) is 59.8 Å². The average molecular weight is 483 g/mol. The summed E-state index contributed by atoms with van der Waals surface area (Å²) < 4.78 is 22.4. The van der Waals surface area contributed by atoms with Gasteiger partial charge in [0.25, 0.3) is 0 Å². The lowest BCUT2D eigenvalue weighted by molar-refractivity contribution is -0.145. The maximum atomic E-state index is 13.4. The normalized spacial score (nSPS) is 21.2. The first-order valence-corrected chi connectivity index (χ1v) is 12.1. The molecule has 0 unspecified atom stereocenters. The monoisotopic (exact) mass is 482 g/mol. The molecule has 0 amide bonds. The topological polar surface area (TPSA) is 88.1 Å². The second kappa shape index (κ2) is 9.17. The number of benzene rings is 1. The molecule has 0 atom stereocenters. The Bertz CT molecular complexity index is 1080. The molecule has 4 rings (SSSR count). The average Bonchev–Trinajstić information content (AvgIpc) is 2.74. The number of carbonyl (C=O) groups is 3. The third-order valence-electron chi connectivity index (χ3n) is 6.75. The van der Waals surface area contributed by atoms with Crippen LogP contribution in [-0.2, 0) is 23.9 Å². The van der Waals surface area contributed by atoms with Crippen LogP contribution in [0.4, 0.5) is 0 Å². The van der Waals surface area contributed by atoms with Crippen molar-refractivity contribution in [1.82, 2.24) is 0 Å². The van der Waals surface area contributed by atoms with Crippen LogP contribution in [0.25, 0.3) is 0 Å². The molecule has 7 nitrogen and oxygen atoms in total. The third-order valence-corrected chi connectivity index (χ3v) is 6.75. The zero-order chi connectivity index (χ0) is 25.5. The van der Waals surface area contributed by atoms with Gasteiger partial charge in [0.05, 0.1) is 13.7 Å². The van der Waals surface area contributed by atoms with E-state index in [4.69, 9.17) is 18.9 Å². The molecule has 0 N–H and O–H groups in total. The van der Waals surface area contributed by atoms with E-state index in [2.05, 4.69) is 27.7 Å². The summed E-state index contributed by atoms with van der Waals surface area (Å²) in [4.78, 5) is 38.6. The van der Waals surface area contributed by atoms with E-state index < -0.39 is 11.9 Å². The van der Waals surface area contributed by atoms with Crippen molar-refractivity contribution < 1.29 is 33.3 Å². The van der Waals surface area contributed by atoms with E-state index in [1.54, 1.807) is 19.1 Å². The first-order valence-electron chi connectivity index (χ1n) is 12.1. The summed E-state index contributed by atoms with van der Waals surface area (Å²) in [6, 6.07) is 5.32. The van der Waals surface area contributed by atoms with Gasteiger partial charge in [-0.3, -0.25) is 9.59 Å². The van der Waals surface area contributed by atoms with Gasteiger partial charge in [0.15, 0.2) is 29.7 Å². The van der Waals surface area contributed by atoms with Crippen molar-refractivity contribution in [3.63, 3.8) is 0 Å². The number of Topliss-reactive ketones (excluding diaryl/α,β-unsaturated/α-hetero) is 2. The maximum Gasteiger partial charge on any atom is 0.344 e. The molecule has 0 saturated carbocycles. The largest absolute Gasteiger partial charge is 0.493 e. The summed E-state index contributed by atoms with van der Waals surface area (Å²) in [7, 11) is 1.51. The van der Waals surface area contributed by atoms with Crippen molar-refractivity contribution in [2.45, 2.75) is 66.2 Å². The standard InChI is InChI=1S/C28H34O7/c1-7-33-23(31)15-34-19-9-8-16(10-20(19)32-6)24-25-17(29)11-27(2,3)13-21(25)35-22-14-28(4,5)12-18(30)26(22)24/h8-10,24H,7,11-15H2,1-6H3. The summed E-state index contributed by atoms with van der Waals surface area (Å²) in [5, 5.41) is 0. The van der Waals surface area contributed by atoms with Gasteiger partial charge in [0, 0.05) is 42.7 Å². The number of carbonyl (C=O) groups excluding carboxylic acids is 3. The molecule has 0 saturated heterocycles. The van der Waals surface area contributed by atoms with Crippen LogP contribution in [0.3, 0.4) is 0 Å². The van der Waals surface area contributed by atoms with Crippen molar-refractivity contribution >= 4 is 17.5 Å². The van der Waals surface area contributed by atoms with Gasteiger partial charge in [-0.05, 0) is 35.4 Å². The molecule has 1 aliphatic heterocycles. The highest BCUT2D eigenvalue weighted by Gasteiger charge is 2.47. The Labute approximate surface area is 206 Å². The molecule has 0 fully saturated rings. The molecule has 2 aliphatic carbocycles. The molecule has 1 aromatic rings. The third kappa shape index (κ3) is 5.00. The smallest absolute Gasteiger partial charge is 0.344 e. The lowest BCUT2D eigenvalue weighted by atomic mass is 9.65. The number of hydrogen-bond donors (Lipinski definition) is 0. The Hall–Kier alpha value is -3.09. The van der Waals surface area contributed by atoms with E-state index in [0.717, 1.165) is 5.56 Å². The van der Waals surface area contributed by atoms with Crippen LogP contribution in [0.2, 0.25) is 0 Å². The van der Waals surface area contributed by atoms with Gasteiger partial charge in [-0.2, -0.15) is 0 Å². The molecule has 3 aliphatic rings. The van der Waals surface area contributed by atoms with Crippen molar-refractivity contribution in [3.05, 3.63) is 46.4 Å². The molecule has 0 spiro atoms. The molecule has 7 heteroatoms. The fourth-order valence-corrected chi connectivity index (χ4v) is 5.33. The van der Waals surface area contributed by atoms with Gasteiger partial charge < -0.3 is 18.9 Å². The zero-order valence-electron chi connectivity index (χ0n) is 21.4. The fourth-order valence-electron chi connectivity index (χ4n) is 5.33. The van der Waals surface area contributed by atoms with Crippen molar-refractivity contribution in [3.8, 4) is 11.5 Å². The summed E-state index contributed by atoms with van der Waals surface area (Å²) >= 11 is 0. The van der Waals surface area contributed by atoms with Crippen LogP contribution in [0.5, 0.6) is 11.5 Å². The predicted molar refractivity (Wildman–Crippen MR) is 129 cm³/mol. The van der Waals surface area contributed by atoms with Crippen molar-refractivity contribution in [2.24, 2.45) is 10.8 Å². The van der Waals surface area contributed by atoms with Crippen LogP contribution in [-0.4, -0.2) is 37.9 Å². The Balaban J connectivity index is 1.78. The van der Waals surface area contributed by atoms with E-state index in [1.807, 2.05) is 6.07 Å². The molecule has 1 heterocycles. The van der Waals surface area contributed by atoms with E-state index in [9.17, 15) is 14.4 Å². The van der Waals surface area contributed by atoms with Gasteiger partial charge in [-0.25, -0.2) is 4.79 Å². The van der Waals surface area contributed by atoms with Crippen LogP contribution >= 0.6 is 0 Å². The van der Waals surface area contributed by atoms with E-state index in [1.165, 1.54) is 7.11 Å². The molecule has 0 radical (unpaired) electrons. The number of allylic oxidation sites excluding steroid dienone is 4. The molecule has 35 heavy (non-hydrogen) atoms. The Morgan fingerprint density at radius 3 is 2.03 bits per heavy atom. The first-order chi connectivity index (χ1) is 16.4. The van der Waals surface area contributed by atoms with E-state index in [-0.39, 0.29) is 35.6 Å². The van der Waals surface area contributed by atoms with Crippen LogP contribution in [0.15, 0.2) is 40.9 Å². The minimum Gasteiger partial charge on any atom is -0.493 e. The van der Waals surface area contributed by atoms with Gasteiger partial charge >= 0.3 is 5.97 Å². The highest BCUT2D eigenvalue weighted by Crippen LogP contribution is 2.53. The van der Waals surface area contributed by atoms with Crippen molar-refractivity contribution in [2.75, 3.05) is 20.3 Å². The molecule has 0 aromatic heterocycles. The number of ketones is 2. The SMILES string of the molecule is CCOC(=O)COc1ccc(C2C3=C(CC(C)(C)CC3=O)OC3=C2C(=O)CC(C)(C)C3)cc1OC. The second-order valence-electron chi connectivity index (χ2n) is 11.1. The molecular formula is C28H34O7. The quantitative estimate of drug-likeness (QED) is 0.525. The summed E-state index contributed by atoms with van der Waals surface area (Å²) in [5.74, 6) is 1.15. The summed E-state index contributed by atoms with van der Waals surface area (Å²) in [6.45, 7) is 10.0. The van der Waals surface area contributed by atoms with Crippen LogP contribution in [0, 0.1) is 10.8 Å². The predicted octanol–water partition coefficient (Wildman–Crippen LogP) is 5.04. The van der Waals surface area contributed by atoms with Gasteiger partial charge in [0.2, 0.25) is 0 Å². The van der Waals surface area contributed by atoms with Crippen molar-refractivity contribution in [1.29, 1.82) is 0 Å². The van der Waals surface area contributed by atoms with Crippen LogP contribution < -0.4 is 9.47 Å². The maximum absolute atomic E-state index is 13.4. The first kappa shape index (κ1) is 25.0. The number of ether oxygens (including phenoxy) is 4. The van der Waals surface area contributed by atoms with Gasteiger partial charge in [0.1, 0.15) is 11.5 Å². The summed E-state index contributed by atoms with van der Waals surface area (Å²) in [5.41, 5.74) is 1.47. The summed E-state index contributed by atoms with van der Waals surface area (Å²) in [6.07, 6.45) is 2.05. The molecular weight excluding hydrogens is 448 g/mol. The highest BCUT2D eigenvalue weighted by atomic mass is 16.6. The number of methoxy groups -OCH3 is 1. The minimum atomic E-state index is -0.519. The van der Waals surface area contributed by atoms with Crippen LogP contribution in [0.1, 0.15) is 71.8 Å². The molecule has 0 bridgehead atoms. The number of hydrogen-bond acceptors (Lipinski definition) is 7. The molecule has 1 aromatic carbocycles. The number of esters is 1. The molecule has 188 valence electrons. The van der Waals surface area contributed by atoms with E-state index >= 15 is 0 Å².